The van der Waals surface area contributed by atoms with E-state index in [1.54, 1.807) is 6.92 Å². The Balaban J connectivity index is 2.98. The molecule has 0 amide bonds. The van der Waals surface area contributed by atoms with Crippen molar-refractivity contribution in [1.82, 2.24) is 4.31 Å². The number of nitrogens with zero attached hydrogens (tertiary/aromatic N) is 1. The Morgan fingerprint density at radius 1 is 1.35 bits per heavy atom. The zero-order valence-electron chi connectivity index (χ0n) is 10.1. The normalized spacial score (nSPS) is 13.9. The first-order valence-corrected chi connectivity index (χ1v) is 6.59. The minimum atomic E-state index is -3.53. The van der Waals surface area contributed by atoms with Crippen LogP contribution in [-0.4, -0.2) is 44.6 Å². The monoisotopic (exact) mass is 259 g/mol. The van der Waals surface area contributed by atoms with Gasteiger partial charge in [0.15, 0.2) is 0 Å². The van der Waals surface area contributed by atoms with Crippen molar-refractivity contribution >= 4 is 10.0 Å². The van der Waals surface area contributed by atoms with E-state index in [2.05, 4.69) is 0 Å². The van der Waals surface area contributed by atoms with Gasteiger partial charge in [0.2, 0.25) is 10.0 Å². The largest absolute Gasteiger partial charge is 0.508 e. The summed E-state index contributed by atoms with van der Waals surface area (Å²) in [4.78, 5) is 0.153. The third-order valence-electron chi connectivity index (χ3n) is 2.54. The smallest absolute Gasteiger partial charge is 0.243 e. The van der Waals surface area contributed by atoms with E-state index in [0.29, 0.717) is 6.61 Å². The second-order valence-electron chi connectivity index (χ2n) is 3.82. The zero-order chi connectivity index (χ0) is 13.1. The first kappa shape index (κ1) is 14.0. The summed E-state index contributed by atoms with van der Waals surface area (Å²) in [6.45, 7) is 2.09. The number of sulfonamides is 1. The van der Waals surface area contributed by atoms with Crippen LogP contribution in [-0.2, 0) is 14.8 Å². The van der Waals surface area contributed by atoms with E-state index in [0.717, 1.165) is 0 Å². The summed E-state index contributed by atoms with van der Waals surface area (Å²) in [6.07, 6.45) is 0. The molecule has 0 saturated carbocycles. The van der Waals surface area contributed by atoms with Crippen LogP contribution in [0.4, 0.5) is 0 Å². The number of benzene rings is 1. The molecule has 1 aromatic carbocycles. The van der Waals surface area contributed by atoms with Crippen LogP contribution in [0.25, 0.3) is 0 Å². The number of rotatable bonds is 5. The van der Waals surface area contributed by atoms with Gasteiger partial charge in [0.1, 0.15) is 5.75 Å². The molecule has 1 rings (SSSR count). The Kier molecular flexibility index (Phi) is 4.50. The molecule has 1 aromatic rings. The highest BCUT2D eigenvalue weighted by Gasteiger charge is 2.25. The maximum absolute atomic E-state index is 12.1. The number of phenolic OH excluding ortho intramolecular Hbond substituents is 1. The second-order valence-corrected chi connectivity index (χ2v) is 5.82. The van der Waals surface area contributed by atoms with Crippen LogP contribution in [0, 0.1) is 0 Å². The van der Waals surface area contributed by atoms with Crippen LogP contribution in [0.15, 0.2) is 29.2 Å². The molecule has 0 bridgehead atoms. The fraction of sp³-hybridized carbons (Fsp3) is 0.455. The van der Waals surface area contributed by atoms with Crippen LogP contribution in [0.5, 0.6) is 5.75 Å². The van der Waals surface area contributed by atoms with E-state index in [1.165, 1.54) is 42.7 Å². The Labute approximate surface area is 102 Å². The molecule has 0 fully saturated rings. The van der Waals surface area contributed by atoms with Gasteiger partial charge in [-0.2, -0.15) is 4.31 Å². The molecule has 1 unspecified atom stereocenters. The molecule has 17 heavy (non-hydrogen) atoms. The number of ether oxygens (including phenoxy) is 1. The lowest BCUT2D eigenvalue weighted by molar-refractivity contribution is 0.149. The Hall–Kier alpha value is -1.11. The lowest BCUT2D eigenvalue weighted by Crippen LogP contribution is -2.37. The predicted molar refractivity (Wildman–Crippen MR) is 64.4 cm³/mol. The summed E-state index contributed by atoms with van der Waals surface area (Å²) in [5, 5.41) is 9.13. The molecule has 0 aliphatic heterocycles. The highest BCUT2D eigenvalue weighted by molar-refractivity contribution is 7.89. The van der Waals surface area contributed by atoms with Gasteiger partial charge in [0.25, 0.3) is 0 Å². The number of likely N-dealkylation sites (N-methyl/N-ethyl adjacent to an activating group) is 1. The van der Waals surface area contributed by atoms with Crippen LogP contribution >= 0.6 is 0 Å². The molecular formula is C11H17NO4S. The van der Waals surface area contributed by atoms with Crippen LogP contribution < -0.4 is 0 Å². The first-order chi connectivity index (χ1) is 7.89. The maximum atomic E-state index is 12.1. The minimum absolute atomic E-state index is 0.0385. The van der Waals surface area contributed by atoms with E-state index in [1.807, 2.05) is 0 Å². The Bertz CT molecular complexity index is 455. The molecular weight excluding hydrogens is 242 g/mol. The minimum Gasteiger partial charge on any atom is -0.508 e. The van der Waals surface area contributed by atoms with E-state index in [4.69, 9.17) is 9.84 Å². The molecule has 0 heterocycles. The van der Waals surface area contributed by atoms with Crippen molar-refractivity contribution in [2.24, 2.45) is 0 Å². The van der Waals surface area contributed by atoms with Gasteiger partial charge in [-0.05, 0) is 31.2 Å². The Morgan fingerprint density at radius 3 is 2.35 bits per heavy atom. The zero-order valence-corrected chi connectivity index (χ0v) is 10.9. The molecule has 0 radical (unpaired) electrons. The lowest BCUT2D eigenvalue weighted by Gasteiger charge is -2.23. The van der Waals surface area contributed by atoms with E-state index in [-0.39, 0.29) is 16.7 Å². The summed E-state index contributed by atoms with van der Waals surface area (Å²) >= 11 is 0. The molecule has 1 atom stereocenters. The molecule has 0 aromatic heterocycles. The number of hydrogen-bond acceptors (Lipinski definition) is 4. The van der Waals surface area contributed by atoms with Gasteiger partial charge in [-0.25, -0.2) is 8.42 Å². The van der Waals surface area contributed by atoms with E-state index < -0.39 is 10.0 Å². The maximum Gasteiger partial charge on any atom is 0.243 e. The molecule has 0 aliphatic carbocycles. The molecule has 0 saturated heterocycles. The van der Waals surface area contributed by atoms with Gasteiger partial charge in [-0.15, -0.1) is 0 Å². The van der Waals surface area contributed by atoms with Crippen molar-refractivity contribution < 1.29 is 18.3 Å². The number of aromatic hydroxyl groups is 1. The predicted octanol–water partition coefficient (Wildman–Crippen LogP) is 1.05. The van der Waals surface area contributed by atoms with Gasteiger partial charge in [-0.3, -0.25) is 0 Å². The number of hydrogen-bond donors (Lipinski definition) is 1. The summed E-state index contributed by atoms with van der Waals surface area (Å²) in [5.74, 6) is 0.0385. The molecule has 1 N–H and O–H groups in total. The third-order valence-corrected chi connectivity index (χ3v) is 4.53. The molecule has 5 nitrogen and oxygen atoms in total. The Morgan fingerprint density at radius 2 is 1.88 bits per heavy atom. The van der Waals surface area contributed by atoms with Crippen LogP contribution in [0.3, 0.4) is 0 Å². The van der Waals surface area contributed by atoms with Crippen molar-refractivity contribution in [3.05, 3.63) is 24.3 Å². The van der Waals surface area contributed by atoms with Gasteiger partial charge in [0.05, 0.1) is 11.5 Å². The van der Waals surface area contributed by atoms with Gasteiger partial charge >= 0.3 is 0 Å². The molecule has 6 heteroatoms. The SMILES string of the molecule is COCC(C)N(C)S(=O)(=O)c1ccc(O)cc1. The standard InChI is InChI=1S/C11H17NO4S/c1-9(8-16-3)12(2)17(14,15)11-6-4-10(13)5-7-11/h4-7,9,13H,8H2,1-3H3. The fourth-order valence-electron chi connectivity index (χ4n) is 1.37. The fourth-order valence-corrected chi connectivity index (χ4v) is 2.71. The average molecular weight is 259 g/mol. The van der Waals surface area contributed by atoms with Crippen molar-refractivity contribution in [3.8, 4) is 5.75 Å². The van der Waals surface area contributed by atoms with Gasteiger partial charge < -0.3 is 9.84 Å². The number of phenols is 1. The third kappa shape index (κ3) is 3.18. The van der Waals surface area contributed by atoms with E-state index in [9.17, 15) is 8.42 Å². The number of methoxy groups -OCH3 is 1. The van der Waals surface area contributed by atoms with Gasteiger partial charge in [-0.1, -0.05) is 0 Å². The van der Waals surface area contributed by atoms with Crippen LogP contribution in [0.1, 0.15) is 6.92 Å². The summed E-state index contributed by atoms with van der Waals surface area (Å²) in [6, 6.07) is 5.20. The lowest BCUT2D eigenvalue weighted by atomic mass is 10.3. The summed E-state index contributed by atoms with van der Waals surface area (Å²) < 4.78 is 30.5. The summed E-state index contributed by atoms with van der Waals surface area (Å²) in [7, 11) is -0.504. The molecule has 96 valence electrons. The van der Waals surface area contributed by atoms with Crippen molar-refractivity contribution in [3.63, 3.8) is 0 Å². The molecule has 0 spiro atoms. The van der Waals surface area contributed by atoms with E-state index >= 15 is 0 Å². The van der Waals surface area contributed by atoms with Gasteiger partial charge in [0, 0.05) is 20.2 Å². The quantitative estimate of drug-likeness (QED) is 0.858. The highest BCUT2D eigenvalue weighted by atomic mass is 32.2. The van der Waals surface area contributed by atoms with Crippen molar-refractivity contribution in [2.75, 3.05) is 20.8 Å². The molecule has 0 aliphatic rings. The summed E-state index contributed by atoms with van der Waals surface area (Å²) in [5.41, 5.74) is 0. The van der Waals surface area contributed by atoms with Crippen molar-refractivity contribution in [1.29, 1.82) is 0 Å². The van der Waals surface area contributed by atoms with Crippen LogP contribution in [0.2, 0.25) is 0 Å². The second kappa shape index (κ2) is 5.48. The average Bonchev–Trinajstić information content (AvgIpc) is 2.29. The first-order valence-electron chi connectivity index (χ1n) is 5.15. The highest BCUT2D eigenvalue weighted by Crippen LogP contribution is 2.19. The topological polar surface area (TPSA) is 66.8 Å². The van der Waals surface area contributed by atoms with Crippen molar-refractivity contribution in [2.45, 2.75) is 17.9 Å².